The molecule has 0 spiro atoms. The second-order valence-electron chi connectivity index (χ2n) is 8.56. The predicted molar refractivity (Wildman–Crippen MR) is 136 cm³/mol. The Kier molecular flexibility index (Phi) is 7.34. The van der Waals surface area contributed by atoms with Gasteiger partial charge in [0.05, 0.1) is 5.69 Å². The van der Waals surface area contributed by atoms with E-state index in [0.717, 1.165) is 23.0 Å². The molecule has 2 aromatic carbocycles. The van der Waals surface area contributed by atoms with Crippen molar-refractivity contribution in [2.24, 2.45) is 5.92 Å². The van der Waals surface area contributed by atoms with Crippen LogP contribution in [0.1, 0.15) is 44.6 Å². The molecule has 1 aromatic heterocycles. The van der Waals surface area contributed by atoms with Crippen molar-refractivity contribution in [1.82, 2.24) is 4.98 Å². The van der Waals surface area contributed by atoms with Gasteiger partial charge in [0.1, 0.15) is 0 Å². The Balaban J connectivity index is 1.54. The summed E-state index contributed by atoms with van der Waals surface area (Å²) in [5.41, 5.74) is 4.62. The molecule has 2 unspecified atom stereocenters. The lowest BCUT2D eigenvalue weighted by Crippen LogP contribution is -2.11. The average molecular weight is 420 g/mol. The first-order chi connectivity index (χ1) is 15.7. The van der Waals surface area contributed by atoms with E-state index in [1.54, 1.807) is 0 Å². The molecular formula is C30H31N2-. The SMILES string of the molecule is CCC(C)CC(CC=c1ccc(=C2C=CC=C[N-]2)cc1)c1ccc(-c2ccccn2)cc1. The lowest BCUT2D eigenvalue weighted by molar-refractivity contribution is 0.459. The van der Waals surface area contributed by atoms with Crippen molar-refractivity contribution in [2.45, 2.75) is 39.0 Å². The van der Waals surface area contributed by atoms with Crippen LogP contribution < -0.4 is 10.4 Å². The van der Waals surface area contributed by atoms with Gasteiger partial charge in [0.25, 0.3) is 0 Å². The molecule has 4 rings (SSSR count). The minimum Gasteiger partial charge on any atom is -0.664 e. The van der Waals surface area contributed by atoms with Gasteiger partial charge >= 0.3 is 0 Å². The molecule has 0 radical (unpaired) electrons. The highest BCUT2D eigenvalue weighted by Gasteiger charge is 2.14. The van der Waals surface area contributed by atoms with Crippen LogP contribution in [-0.4, -0.2) is 4.98 Å². The molecule has 1 aliphatic heterocycles. The highest BCUT2D eigenvalue weighted by atomic mass is 14.8. The van der Waals surface area contributed by atoms with Crippen LogP contribution >= 0.6 is 0 Å². The van der Waals surface area contributed by atoms with Gasteiger partial charge in [-0.2, -0.15) is 6.20 Å². The number of allylic oxidation sites excluding steroid dienone is 2. The number of hydrogen-bond donors (Lipinski definition) is 0. The molecule has 1 aliphatic rings. The van der Waals surface area contributed by atoms with Crippen LogP contribution in [0, 0.1) is 5.92 Å². The maximum atomic E-state index is 4.48. The Bertz CT molecular complexity index is 1160. The number of benzene rings is 2. The number of nitrogens with zero attached hydrogens (tertiary/aromatic N) is 2. The smallest absolute Gasteiger partial charge is 0.0701 e. The molecule has 0 saturated carbocycles. The van der Waals surface area contributed by atoms with E-state index in [-0.39, 0.29) is 0 Å². The molecule has 0 saturated heterocycles. The van der Waals surface area contributed by atoms with Crippen LogP contribution in [0.4, 0.5) is 0 Å². The van der Waals surface area contributed by atoms with E-state index in [2.05, 4.69) is 90.9 Å². The Morgan fingerprint density at radius 1 is 0.938 bits per heavy atom. The normalized spacial score (nSPS) is 14.6. The van der Waals surface area contributed by atoms with E-state index in [1.807, 2.05) is 36.7 Å². The summed E-state index contributed by atoms with van der Waals surface area (Å²) in [5, 5.41) is 6.87. The quantitative estimate of drug-likeness (QED) is 0.418. The number of hydrogen-bond acceptors (Lipinski definition) is 1. The van der Waals surface area contributed by atoms with Crippen molar-refractivity contribution in [3.63, 3.8) is 0 Å². The first-order valence-corrected chi connectivity index (χ1v) is 11.6. The van der Waals surface area contributed by atoms with Crippen molar-refractivity contribution >= 4 is 11.8 Å². The molecule has 2 nitrogen and oxygen atoms in total. The third-order valence-electron chi connectivity index (χ3n) is 6.24. The van der Waals surface area contributed by atoms with Crippen molar-refractivity contribution in [3.05, 3.63) is 119 Å². The molecule has 2 heterocycles. The summed E-state index contributed by atoms with van der Waals surface area (Å²) in [6.07, 6.45) is 15.5. The molecule has 0 N–H and O–H groups in total. The van der Waals surface area contributed by atoms with Crippen LogP contribution in [0.5, 0.6) is 0 Å². The van der Waals surface area contributed by atoms with Crippen LogP contribution in [0.3, 0.4) is 0 Å². The van der Waals surface area contributed by atoms with Gasteiger partial charge in [-0.15, -0.1) is 5.70 Å². The zero-order valence-corrected chi connectivity index (χ0v) is 19.0. The molecular weight excluding hydrogens is 388 g/mol. The summed E-state index contributed by atoms with van der Waals surface area (Å²) in [4.78, 5) is 4.48. The Labute approximate surface area is 191 Å². The molecule has 2 heteroatoms. The van der Waals surface area contributed by atoms with Crippen LogP contribution in [-0.2, 0) is 0 Å². The monoisotopic (exact) mass is 419 g/mol. The fourth-order valence-electron chi connectivity index (χ4n) is 4.08. The molecule has 162 valence electrons. The summed E-state index contributed by atoms with van der Waals surface area (Å²) in [7, 11) is 0. The molecule has 3 aromatic rings. The van der Waals surface area contributed by atoms with Crippen LogP contribution in [0.2, 0.25) is 0 Å². The van der Waals surface area contributed by atoms with Crippen molar-refractivity contribution in [3.8, 4) is 11.3 Å². The maximum Gasteiger partial charge on any atom is 0.0701 e. The van der Waals surface area contributed by atoms with Crippen molar-refractivity contribution < 1.29 is 0 Å². The van der Waals surface area contributed by atoms with E-state index in [1.165, 1.54) is 29.2 Å². The van der Waals surface area contributed by atoms with E-state index < -0.39 is 0 Å². The second kappa shape index (κ2) is 10.8. The van der Waals surface area contributed by atoms with E-state index in [4.69, 9.17) is 0 Å². The number of pyridine rings is 1. The van der Waals surface area contributed by atoms with Gasteiger partial charge in [-0.25, -0.2) is 0 Å². The molecule has 0 amide bonds. The van der Waals surface area contributed by atoms with Gasteiger partial charge in [0.15, 0.2) is 0 Å². The lowest BCUT2D eigenvalue weighted by Gasteiger charge is -2.20. The molecule has 0 bridgehead atoms. The van der Waals surface area contributed by atoms with E-state index >= 15 is 0 Å². The number of aromatic nitrogens is 1. The topological polar surface area (TPSA) is 27.0 Å². The van der Waals surface area contributed by atoms with E-state index in [0.29, 0.717) is 11.8 Å². The van der Waals surface area contributed by atoms with Gasteiger partial charge in [-0.1, -0.05) is 99.2 Å². The average Bonchev–Trinajstić information content (AvgIpc) is 2.88. The van der Waals surface area contributed by atoms with Gasteiger partial charge in [-0.3, -0.25) is 4.98 Å². The zero-order valence-electron chi connectivity index (χ0n) is 19.0. The number of rotatable bonds is 7. The largest absolute Gasteiger partial charge is 0.664 e. The van der Waals surface area contributed by atoms with Crippen LogP contribution in [0.25, 0.3) is 28.3 Å². The van der Waals surface area contributed by atoms with Crippen molar-refractivity contribution in [2.75, 3.05) is 0 Å². The van der Waals surface area contributed by atoms with Gasteiger partial charge in [-0.05, 0) is 52.8 Å². The molecule has 0 aliphatic carbocycles. The third-order valence-corrected chi connectivity index (χ3v) is 6.24. The Morgan fingerprint density at radius 3 is 2.41 bits per heavy atom. The molecule has 32 heavy (non-hydrogen) atoms. The standard InChI is InChI=1S/C30H31N2/c1-3-23(2)22-28(25-16-18-27(19-17-25)30-9-5-7-21-32-30)15-12-24-10-13-26(14-11-24)29-8-4-6-20-31-29/h4-14,16-21,23,28H,3,15,22H2,1-2H3/q-1. The van der Waals surface area contributed by atoms with Gasteiger partial charge < -0.3 is 5.32 Å². The first-order valence-electron chi connectivity index (χ1n) is 11.6. The summed E-state index contributed by atoms with van der Waals surface area (Å²) in [5.74, 6) is 1.22. The molecule has 2 atom stereocenters. The summed E-state index contributed by atoms with van der Waals surface area (Å²) >= 11 is 0. The Hall–Kier alpha value is -3.39. The first kappa shape index (κ1) is 21.8. The predicted octanol–water partition coefficient (Wildman–Crippen LogP) is 6.70. The maximum absolute atomic E-state index is 4.48. The fraction of sp³-hybridized carbons (Fsp3) is 0.233. The highest BCUT2D eigenvalue weighted by molar-refractivity contribution is 5.70. The fourth-order valence-corrected chi connectivity index (χ4v) is 4.08. The Morgan fingerprint density at radius 2 is 1.75 bits per heavy atom. The van der Waals surface area contributed by atoms with Gasteiger partial charge in [0.2, 0.25) is 0 Å². The minimum atomic E-state index is 0.512. The van der Waals surface area contributed by atoms with Gasteiger partial charge in [0, 0.05) is 11.8 Å². The zero-order chi connectivity index (χ0) is 22.2. The van der Waals surface area contributed by atoms with Crippen LogP contribution in [0.15, 0.2) is 97.4 Å². The summed E-state index contributed by atoms with van der Waals surface area (Å²) in [6, 6.07) is 23.8. The highest BCUT2D eigenvalue weighted by Crippen LogP contribution is 2.30. The second-order valence-corrected chi connectivity index (χ2v) is 8.56. The van der Waals surface area contributed by atoms with E-state index in [9.17, 15) is 0 Å². The molecule has 0 fully saturated rings. The third kappa shape index (κ3) is 5.64. The minimum absolute atomic E-state index is 0.512. The van der Waals surface area contributed by atoms with Crippen molar-refractivity contribution in [1.29, 1.82) is 0 Å². The summed E-state index contributed by atoms with van der Waals surface area (Å²) in [6.45, 7) is 4.64. The lowest BCUT2D eigenvalue weighted by atomic mass is 9.85. The summed E-state index contributed by atoms with van der Waals surface area (Å²) < 4.78 is 0.